The molecule has 2 heteroatoms. The van der Waals surface area contributed by atoms with Gasteiger partial charge in [0.2, 0.25) is 0 Å². The third kappa shape index (κ3) is 1.15. The highest BCUT2D eigenvalue weighted by molar-refractivity contribution is 5.18. The fourth-order valence-corrected chi connectivity index (χ4v) is 5.01. The average Bonchev–Trinajstić information content (AvgIpc) is 2.63. The van der Waals surface area contributed by atoms with Gasteiger partial charge in [-0.2, -0.15) is 0 Å². The quantitative estimate of drug-likeness (QED) is 0.621. The van der Waals surface area contributed by atoms with E-state index in [2.05, 4.69) is 37.6 Å². The first-order valence-corrected chi connectivity index (χ1v) is 6.94. The SMILES string of the molecule is CN1CC2CCC1C1(C(C)(C)C)CCCN21. The molecule has 0 radical (unpaired) electrons. The van der Waals surface area contributed by atoms with Gasteiger partial charge in [0, 0.05) is 24.2 Å². The van der Waals surface area contributed by atoms with Crippen LogP contribution < -0.4 is 0 Å². The molecule has 0 N–H and O–H groups in total. The molecule has 4 aliphatic heterocycles. The second-order valence-corrected chi connectivity index (χ2v) is 7.16. The Morgan fingerprint density at radius 2 is 1.94 bits per heavy atom. The van der Waals surface area contributed by atoms with Gasteiger partial charge < -0.3 is 0 Å². The second kappa shape index (κ2) is 3.23. The maximum Gasteiger partial charge on any atom is 0.0416 e. The lowest BCUT2D eigenvalue weighted by Gasteiger charge is -2.65. The van der Waals surface area contributed by atoms with E-state index in [1.807, 2.05) is 0 Å². The van der Waals surface area contributed by atoms with Gasteiger partial charge in [-0.1, -0.05) is 20.8 Å². The van der Waals surface area contributed by atoms with Crippen molar-refractivity contribution < 1.29 is 0 Å². The van der Waals surface area contributed by atoms with Crippen LogP contribution >= 0.6 is 0 Å². The molecule has 4 aliphatic rings. The number of piperidine rings is 2. The zero-order chi connectivity index (χ0) is 11.6. The summed E-state index contributed by atoms with van der Waals surface area (Å²) >= 11 is 0. The van der Waals surface area contributed by atoms with Gasteiger partial charge >= 0.3 is 0 Å². The normalized spacial score (nSPS) is 45.0. The summed E-state index contributed by atoms with van der Waals surface area (Å²) in [5.41, 5.74) is 0.893. The van der Waals surface area contributed by atoms with E-state index in [4.69, 9.17) is 0 Å². The Morgan fingerprint density at radius 1 is 1.19 bits per heavy atom. The van der Waals surface area contributed by atoms with E-state index in [1.165, 1.54) is 38.8 Å². The van der Waals surface area contributed by atoms with Crippen LogP contribution in [0.3, 0.4) is 0 Å². The third-order valence-corrected chi connectivity index (χ3v) is 5.56. The molecular formula is C14H26N2. The first-order chi connectivity index (χ1) is 7.47. The predicted octanol–water partition coefficient (Wildman–Crippen LogP) is 2.34. The molecule has 4 fully saturated rings. The Kier molecular flexibility index (Phi) is 2.23. The standard InChI is InChI=1S/C14H26N2/c1-13(2,3)14-8-5-9-16(14)11-6-7-12(14)15(4)10-11/h11-12H,5-10H2,1-4H3. The molecule has 2 bridgehead atoms. The van der Waals surface area contributed by atoms with E-state index in [9.17, 15) is 0 Å². The summed E-state index contributed by atoms with van der Waals surface area (Å²) in [5.74, 6) is 0. The molecule has 0 spiro atoms. The molecule has 4 rings (SSSR count). The van der Waals surface area contributed by atoms with Crippen LogP contribution in [0.5, 0.6) is 0 Å². The summed E-state index contributed by atoms with van der Waals surface area (Å²) in [6, 6.07) is 1.65. The van der Waals surface area contributed by atoms with Crippen molar-refractivity contribution in [2.24, 2.45) is 5.41 Å². The molecule has 16 heavy (non-hydrogen) atoms. The van der Waals surface area contributed by atoms with Crippen LogP contribution in [0.1, 0.15) is 46.5 Å². The van der Waals surface area contributed by atoms with Crippen molar-refractivity contribution in [3.8, 4) is 0 Å². The molecule has 0 aliphatic carbocycles. The average molecular weight is 222 g/mol. The van der Waals surface area contributed by atoms with Gasteiger partial charge in [-0.3, -0.25) is 9.80 Å². The number of hydrogen-bond donors (Lipinski definition) is 0. The summed E-state index contributed by atoms with van der Waals surface area (Å²) < 4.78 is 0. The third-order valence-electron chi connectivity index (χ3n) is 5.56. The van der Waals surface area contributed by atoms with E-state index in [1.54, 1.807) is 0 Å². The fraction of sp³-hybridized carbons (Fsp3) is 1.00. The molecule has 3 atom stereocenters. The van der Waals surface area contributed by atoms with Crippen molar-refractivity contribution in [3.63, 3.8) is 0 Å². The smallest absolute Gasteiger partial charge is 0.0416 e. The van der Waals surface area contributed by atoms with Crippen LogP contribution in [-0.2, 0) is 0 Å². The molecule has 0 aromatic carbocycles. The van der Waals surface area contributed by atoms with E-state index in [0.29, 0.717) is 11.0 Å². The van der Waals surface area contributed by atoms with Crippen molar-refractivity contribution >= 4 is 0 Å². The van der Waals surface area contributed by atoms with Crippen molar-refractivity contribution in [1.82, 2.24) is 9.80 Å². The molecule has 0 aromatic rings. The minimum atomic E-state index is 0.418. The van der Waals surface area contributed by atoms with Crippen LogP contribution in [0.15, 0.2) is 0 Å². The van der Waals surface area contributed by atoms with E-state index >= 15 is 0 Å². The van der Waals surface area contributed by atoms with Gasteiger partial charge in [0.25, 0.3) is 0 Å². The summed E-state index contributed by atoms with van der Waals surface area (Å²) in [7, 11) is 2.35. The Hall–Kier alpha value is -0.0800. The first kappa shape index (κ1) is 11.0. The highest BCUT2D eigenvalue weighted by atomic mass is 15.4. The summed E-state index contributed by atoms with van der Waals surface area (Å²) in [6.07, 6.45) is 5.70. The van der Waals surface area contributed by atoms with E-state index in [0.717, 1.165) is 12.1 Å². The number of fused-ring (bicyclic) bond motifs is 2. The Balaban J connectivity index is 2.06. The minimum Gasteiger partial charge on any atom is -0.300 e. The highest BCUT2D eigenvalue weighted by Crippen LogP contribution is 2.54. The lowest BCUT2D eigenvalue weighted by Crippen LogP contribution is -2.75. The topological polar surface area (TPSA) is 6.48 Å². The Morgan fingerprint density at radius 3 is 2.56 bits per heavy atom. The zero-order valence-corrected chi connectivity index (χ0v) is 11.3. The summed E-state index contributed by atoms with van der Waals surface area (Å²) in [6.45, 7) is 10.0. The lowest BCUT2D eigenvalue weighted by molar-refractivity contribution is -0.143. The minimum absolute atomic E-state index is 0.418. The van der Waals surface area contributed by atoms with Gasteiger partial charge in [-0.05, 0) is 44.7 Å². The van der Waals surface area contributed by atoms with Crippen LogP contribution in [0.25, 0.3) is 0 Å². The molecule has 3 unspecified atom stereocenters. The maximum absolute atomic E-state index is 2.89. The van der Waals surface area contributed by atoms with Crippen molar-refractivity contribution in [2.45, 2.75) is 64.1 Å². The molecule has 92 valence electrons. The van der Waals surface area contributed by atoms with Crippen LogP contribution in [0.4, 0.5) is 0 Å². The Labute approximate surface area is 100.0 Å². The van der Waals surface area contributed by atoms with Gasteiger partial charge in [0.05, 0.1) is 0 Å². The molecule has 0 amide bonds. The van der Waals surface area contributed by atoms with Crippen molar-refractivity contribution in [3.05, 3.63) is 0 Å². The molecular weight excluding hydrogens is 196 g/mol. The molecule has 2 nitrogen and oxygen atoms in total. The van der Waals surface area contributed by atoms with Gasteiger partial charge in [-0.15, -0.1) is 0 Å². The van der Waals surface area contributed by atoms with Gasteiger partial charge in [-0.25, -0.2) is 0 Å². The molecule has 0 aromatic heterocycles. The zero-order valence-electron chi connectivity index (χ0n) is 11.3. The predicted molar refractivity (Wildman–Crippen MR) is 67.6 cm³/mol. The molecule has 0 saturated carbocycles. The van der Waals surface area contributed by atoms with Gasteiger partial charge in [0.1, 0.15) is 0 Å². The monoisotopic (exact) mass is 222 g/mol. The largest absolute Gasteiger partial charge is 0.300 e. The summed E-state index contributed by atoms with van der Waals surface area (Å²) in [5, 5.41) is 0. The first-order valence-electron chi connectivity index (χ1n) is 6.94. The van der Waals surface area contributed by atoms with E-state index < -0.39 is 0 Å². The number of hydrogen-bond acceptors (Lipinski definition) is 2. The van der Waals surface area contributed by atoms with Gasteiger partial charge in [0.15, 0.2) is 0 Å². The lowest BCUT2D eigenvalue weighted by atomic mass is 9.62. The van der Waals surface area contributed by atoms with Crippen molar-refractivity contribution in [1.29, 1.82) is 0 Å². The maximum atomic E-state index is 2.89. The van der Waals surface area contributed by atoms with E-state index in [-0.39, 0.29) is 0 Å². The molecule has 4 saturated heterocycles. The number of piperazine rings is 1. The molecule has 4 heterocycles. The van der Waals surface area contributed by atoms with Crippen LogP contribution in [0, 0.1) is 5.41 Å². The number of nitrogens with zero attached hydrogens (tertiary/aromatic N) is 2. The number of likely N-dealkylation sites (N-methyl/N-ethyl adjacent to an activating group) is 1. The fourth-order valence-electron chi connectivity index (χ4n) is 5.01. The second-order valence-electron chi connectivity index (χ2n) is 7.16. The highest BCUT2D eigenvalue weighted by Gasteiger charge is 2.61. The van der Waals surface area contributed by atoms with Crippen molar-refractivity contribution in [2.75, 3.05) is 20.1 Å². The number of rotatable bonds is 0. The van der Waals surface area contributed by atoms with Crippen LogP contribution in [0.2, 0.25) is 0 Å². The van der Waals surface area contributed by atoms with Crippen LogP contribution in [-0.4, -0.2) is 47.6 Å². The summed E-state index contributed by atoms with van der Waals surface area (Å²) in [4.78, 5) is 5.54. The Bertz CT molecular complexity index is 294.